The van der Waals surface area contributed by atoms with Crippen molar-refractivity contribution < 1.29 is 41.3 Å². The Labute approximate surface area is 182 Å². The molecule has 0 aliphatic carbocycles. The van der Waals surface area contributed by atoms with Crippen molar-refractivity contribution in [2.24, 2.45) is 5.92 Å². The molecule has 0 aliphatic heterocycles. The number of carbonyl (C=O) groups excluding carboxylic acids is 2. The van der Waals surface area contributed by atoms with Crippen LogP contribution in [-0.4, -0.2) is 96.6 Å². The maximum Gasteiger partial charge on any atom is 0.341 e. The Hall–Kier alpha value is -0.210. The smallest absolute Gasteiger partial charge is 0.341 e. The van der Waals surface area contributed by atoms with E-state index in [0.717, 1.165) is 0 Å². The van der Waals surface area contributed by atoms with Gasteiger partial charge in [-0.3, -0.25) is 22.8 Å². The third kappa shape index (κ3) is 15.6. The average molecular weight is 492 g/mol. The summed E-state index contributed by atoms with van der Waals surface area (Å²) in [7, 11) is 5.44. The van der Waals surface area contributed by atoms with E-state index in [1.807, 2.05) is 38.0 Å². The maximum atomic E-state index is 13.0. The standard InChI is InChI=1S/C16H35N2O9P3/c1-17(2)9-11-24-15(19)8-7-14(16(20)25-12-10-18(3)4)13-30(21,26-28-22-5)27-29-23-6/h14,28-29H,7-13H2,1-6H3. The highest BCUT2D eigenvalue weighted by Crippen LogP contribution is 2.59. The molecular formula is C16H35N2O9P3. The zero-order chi connectivity index (χ0) is 23.0. The minimum Gasteiger partial charge on any atom is -0.464 e. The fraction of sp³-hybridized carbons (Fsp3) is 0.875. The van der Waals surface area contributed by atoms with Crippen LogP contribution in [0, 0.1) is 5.92 Å². The fourth-order valence-electron chi connectivity index (χ4n) is 1.99. The van der Waals surface area contributed by atoms with Crippen LogP contribution in [0.5, 0.6) is 0 Å². The van der Waals surface area contributed by atoms with Crippen LogP contribution in [0.3, 0.4) is 0 Å². The van der Waals surface area contributed by atoms with Gasteiger partial charge in [0.15, 0.2) is 18.1 Å². The van der Waals surface area contributed by atoms with E-state index < -0.39 is 43.5 Å². The fourth-order valence-corrected chi connectivity index (χ4v) is 5.44. The molecule has 178 valence electrons. The quantitative estimate of drug-likeness (QED) is 0.207. The number of nitrogens with zero attached hydrogens (tertiary/aromatic N) is 2. The Kier molecular flexibility index (Phi) is 17.2. The number of likely N-dealkylation sites (N-methyl/N-ethyl adjacent to an activating group) is 2. The normalized spacial score (nSPS) is 15.3. The molecular weight excluding hydrogens is 457 g/mol. The van der Waals surface area contributed by atoms with Crippen LogP contribution in [0.2, 0.25) is 0 Å². The van der Waals surface area contributed by atoms with Crippen LogP contribution < -0.4 is 0 Å². The van der Waals surface area contributed by atoms with Gasteiger partial charge in [-0.1, -0.05) is 0 Å². The highest BCUT2D eigenvalue weighted by molar-refractivity contribution is 7.63. The molecule has 0 heterocycles. The summed E-state index contributed by atoms with van der Waals surface area (Å²) in [5, 5.41) is 0. The van der Waals surface area contributed by atoms with Gasteiger partial charge in [0.2, 0.25) is 0 Å². The Morgan fingerprint density at radius 3 is 1.87 bits per heavy atom. The van der Waals surface area contributed by atoms with Crippen molar-refractivity contribution >= 4 is 37.6 Å². The van der Waals surface area contributed by atoms with Crippen LogP contribution >= 0.6 is 25.7 Å². The Bertz CT molecular complexity index is 526. The average Bonchev–Trinajstić information content (AvgIpc) is 2.67. The second-order valence-corrected chi connectivity index (χ2v) is 11.0. The molecule has 0 aliphatic rings. The predicted octanol–water partition coefficient (Wildman–Crippen LogP) is 2.13. The molecule has 0 saturated heterocycles. The van der Waals surface area contributed by atoms with E-state index >= 15 is 0 Å². The minimum atomic E-state index is -3.70. The molecule has 0 saturated carbocycles. The van der Waals surface area contributed by atoms with Crippen LogP contribution in [0.25, 0.3) is 0 Å². The van der Waals surface area contributed by atoms with Gasteiger partial charge in [0.25, 0.3) is 0 Å². The molecule has 0 spiro atoms. The molecule has 0 aromatic rings. The van der Waals surface area contributed by atoms with Gasteiger partial charge in [0.05, 0.1) is 12.1 Å². The van der Waals surface area contributed by atoms with E-state index in [1.165, 1.54) is 14.2 Å². The lowest BCUT2D eigenvalue weighted by Crippen LogP contribution is -2.27. The molecule has 0 bridgehead atoms. The highest BCUT2D eigenvalue weighted by Gasteiger charge is 2.35. The highest BCUT2D eigenvalue weighted by atomic mass is 31.3. The lowest BCUT2D eigenvalue weighted by molar-refractivity contribution is -0.149. The Morgan fingerprint density at radius 1 is 0.900 bits per heavy atom. The number of hydrogen-bond donors (Lipinski definition) is 0. The Balaban J connectivity index is 5.03. The summed E-state index contributed by atoms with van der Waals surface area (Å²) in [6.45, 7) is 1.54. The van der Waals surface area contributed by atoms with Crippen LogP contribution in [0.4, 0.5) is 0 Å². The van der Waals surface area contributed by atoms with Gasteiger partial charge in [0.1, 0.15) is 13.2 Å². The molecule has 30 heavy (non-hydrogen) atoms. The summed E-state index contributed by atoms with van der Waals surface area (Å²) in [6, 6.07) is 0. The van der Waals surface area contributed by atoms with Crippen molar-refractivity contribution in [3.8, 4) is 0 Å². The van der Waals surface area contributed by atoms with Gasteiger partial charge in [-0.2, -0.15) is 0 Å². The second-order valence-electron chi connectivity index (χ2n) is 6.78. The summed E-state index contributed by atoms with van der Waals surface area (Å²) in [5.74, 6) is -1.90. The summed E-state index contributed by atoms with van der Waals surface area (Å²) < 4.78 is 43.5. The van der Waals surface area contributed by atoms with Crippen molar-refractivity contribution in [2.75, 3.05) is 74.9 Å². The van der Waals surface area contributed by atoms with Crippen molar-refractivity contribution in [1.29, 1.82) is 0 Å². The van der Waals surface area contributed by atoms with Gasteiger partial charge >= 0.3 is 19.5 Å². The molecule has 0 rings (SSSR count). The number of carbonyl (C=O) groups is 2. The van der Waals surface area contributed by atoms with E-state index in [2.05, 4.69) is 0 Å². The molecule has 0 aromatic carbocycles. The van der Waals surface area contributed by atoms with E-state index in [-0.39, 0.29) is 32.2 Å². The second kappa shape index (κ2) is 17.4. The Morgan fingerprint density at radius 2 is 1.40 bits per heavy atom. The lowest BCUT2D eigenvalue weighted by Gasteiger charge is -2.22. The minimum absolute atomic E-state index is 0.0278. The maximum absolute atomic E-state index is 13.0. The van der Waals surface area contributed by atoms with Gasteiger partial charge in [0, 0.05) is 33.7 Å². The molecule has 0 N–H and O–H groups in total. The molecule has 0 fully saturated rings. The van der Waals surface area contributed by atoms with Gasteiger partial charge in [-0.05, 0) is 34.6 Å². The first-order chi connectivity index (χ1) is 14.1. The zero-order valence-electron chi connectivity index (χ0n) is 18.5. The molecule has 0 amide bonds. The van der Waals surface area contributed by atoms with Crippen molar-refractivity contribution in [2.45, 2.75) is 12.8 Å². The number of ether oxygens (including phenoxy) is 2. The van der Waals surface area contributed by atoms with E-state index in [1.54, 1.807) is 0 Å². The van der Waals surface area contributed by atoms with Crippen LogP contribution in [0.1, 0.15) is 12.8 Å². The molecule has 0 aromatic heterocycles. The number of esters is 2. The van der Waals surface area contributed by atoms with E-state index in [9.17, 15) is 14.2 Å². The van der Waals surface area contributed by atoms with Crippen molar-refractivity contribution in [1.82, 2.24) is 9.80 Å². The molecule has 11 nitrogen and oxygen atoms in total. The van der Waals surface area contributed by atoms with Gasteiger partial charge in [-0.15, -0.1) is 0 Å². The third-order valence-electron chi connectivity index (χ3n) is 3.58. The van der Waals surface area contributed by atoms with Gasteiger partial charge < -0.3 is 28.3 Å². The topological polar surface area (TPSA) is 113 Å². The van der Waals surface area contributed by atoms with Crippen molar-refractivity contribution in [3.63, 3.8) is 0 Å². The number of rotatable bonds is 18. The first-order valence-electron chi connectivity index (χ1n) is 9.27. The summed E-state index contributed by atoms with van der Waals surface area (Å²) in [6.07, 6.45) is -0.198. The largest absolute Gasteiger partial charge is 0.464 e. The molecule has 3 unspecified atom stereocenters. The molecule has 0 radical (unpaired) electrons. The predicted molar refractivity (Wildman–Crippen MR) is 117 cm³/mol. The monoisotopic (exact) mass is 492 g/mol. The van der Waals surface area contributed by atoms with E-state index in [4.69, 9.17) is 27.1 Å². The number of hydrogen-bond acceptors (Lipinski definition) is 11. The third-order valence-corrected chi connectivity index (χ3v) is 7.62. The summed E-state index contributed by atoms with van der Waals surface area (Å²) in [5.41, 5.74) is 0. The van der Waals surface area contributed by atoms with Crippen molar-refractivity contribution in [3.05, 3.63) is 0 Å². The first-order valence-corrected chi connectivity index (χ1v) is 12.6. The lowest BCUT2D eigenvalue weighted by atomic mass is 10.1. The zero-order valence-corrected chi connectivity index (χ0v) is 21.4. The SMILES string of the molecule is COPOP(=O)(CC(CCC(=O)OCCN(C)C)C(=O)OCCN(C)C)OPOC. The van der Waals surface area contributed by atoms with Gasteiger partial charge in [-0.25, -0.2) is 0 Å². The molecule has 3 atom stereocenters. The summed E-state index contributed by atoms with van der Waals surface area (Å²) in [4.78, 5) is 28.3. The summed E-state index contributed by atoms with van der Waals surface area (Å²) >= 11 is 0. The molecule has 14 heteroatoms. The first kappa shape index (κ1) is 29.8. The van der Waals surface area contributed by atoms with Crippen LogP contribution in [0.15, 0.2) is 0 Å². The van der Waals surface area contributed by atoms with Crippen LogP contribution in [-0.2, 0) is 41.3 Å². The van der Waals surface area contributed by atoms with E-state index in [0.29, 0.717) is 13.1 Å².